The number of ether oxygens (including phenoxy) is 2. The predicted molar refractivity (Wildman–Crippen MR) is 105 cm³/mol. The van der Waals surface area contributed by atoms with Crippen LogP contribution in [0.4, 0.5) is 0 Å². The number of benzene rings is 2. The monoisotopic (exact) mass is 371 g/mol. The summed E-state index contributed by atoms with van der Waals surface area (Å²) in [4.78, 5) is 13.5. The molecule has 1 N–H and O–H groups in total. The molecule has 0 saturated heterocycles. The van der Waals surface area contributed by atoms with E-state index >= 15 is 0 Å². The van der Waals surface area contributed by atoms with Crippen LogP contribution < -0.4 is 14.8 Å². The molecule has 2 aromatic carbocycles. The molecule has 0 fully saturated rings. The van der Waals surface area contributed by atoms with Gasteiger partial charge in [0.25, 0.3) is 0 Å². The van der Waals surface area contributed by atoms with Crippen LogP contribution in [0, 0.1) is 0 Å². The molecule has 4 nitrogen and oxygen atoms in total. The minimum Gasteiger partial charge on any atom is -0.486 e. The molecule has 0 bridgehead atoms. The first-order valence-corrected chi connectivity index (χ1v) is 9.94. The molecule has 1 amide bonds. The van der Waals surface area contributed by atoms with Gasteiger partial charge in [0, 0.05) is 17.4 Å². The van der Waals surface area contributed by atoms with E-state index in [0.29, 0.717) is 25.7 Å². The van der Waals surface area contributed by atoms with Crippen molar-refractivity contribution >= 4 is 17.7 Å². The van der Waals surface area contributed by atoms with E-state index in [-0.39, 0.29) is 11.2 Å². The Morgan fingerprint density at radius 1 is 1.12 bits per heavy atom. The van der Waals surface area contributed by atoms with Crippen LogP contribution in [0.2, 0.25) is 0 Å². The van der Waals surface area contributed by atoms with Crippen LogP contribution >= 0.6 is 11.8 Å². The zero-order valence-corrected chi connectivity index (χ0v) is 16.1. The summed E-state index contributed by atoms with van der Waals surface area (Å²) in [5.74, 6) is 1.92. The first-order valence-electron chi connectivity index (χ1n) is 9.06. The number of rotatable bonds is 7. The number of fused-ring (bicyclic) bond motifs is 1. The van der Waals surface area contributed by atoms with Gasteiger partial charge in [0.1, 0.15) is 13.2 Å². The summed E-state index contributed by atoms with van der Waals surface area (Å²) in [6.07, 6.45) is 0.994. The molecule has 0 aliphatic carbocycles. The fraction of sp³-hybridized carbons (Fsp3) is 0.381. The third kappa shape index (κ3) is 4.73. The van der Waals surface area contributed by atoms with Crippen molar-refractivity contribution in [2.24, 2.45) is 0 Å². The van der Waals surface area contributed by atoms with Gasteiger partial charge in [-0.3, -0.25) is 4.79 Å². The lowest BCUT2D eigenvalue weighted by Crippen LogP contribution is -2.34. The number of amides is 1. The third-order valence-corrected chi connectivity index (χ3v) is 5.58. The molecule has 1 aliphatic heterocycles. The average molecular weight is 372 g/mol. The Kier molecular flexibility index (Phi) is 6.45. The molecule has 1 aliphatic rings. The number of carbonyl (C=O) groups is 1. The molecular formula is C21H25NO3S. The summed E-state index contributed by atoms with van der Waals surface area (Å²) in [7, 11) is 0. The maximum Gasteiger partial charge on any atom is 0.233 e. The SMILES string of the molecule is CC[C@H](CNC(=O)[C@@H](C)Sc1ccc2c(c1)OCCO2)c1ccccc1. The summed E-state index contributed by atoms with van der Waals surface area (Å²) < 4.78 is 11.1. The third-order valence-electron chi connectivity index (χ3n) is 4.48. The molecule has 2 aromatic rings. The Hall–Kier alpha value is -2.14. The lowest BCUT2D eigenvalue weighted by atomic mass is 9.96. The summed E-state index contributed by atoms with van der Waals surface area (Å²) in [5.41, 5.74) is 1.27. The predicted octanol–water partition coefficient (Wildman–Crippen LogP) is 4.25. The van der Waals surface area contributed by atoms with Crippen LogP contribution in [0.3, 0.4) is 0 Å². The molecule has 138 valence electrons. The normalized spacial score (nSPS) is 15.2. The second-order valence-corrected chi connectivity index (χ2v) is 7.74. The van der Waals surface area contributed by atoms with Crippen molar-refractivity contribution in [3.63, 3.8) is 0 Å². The highest BCUT2D eigenvalue weighted by Crippen LogP contribution is 2.35. The lowest BCUT2D eigenvalue weighted by Gasteiger charge is -2.20. The van der Waals surface area contributed by atoms with Crippen molar-refractivity contribution in [2.75, 3.05) is 19.8 Å². The fourth-order valence-corrected chi connectivity index (χ4v) is 3.87. The van der Waals surface area contributed by atoms with Gasteiger partial charge in [0.05, 0.1) is 5.25 Å². The Morgan fingerprint density at radius 2 is 1.85 bits per heavy atom. The molecule has 0 saturated carbocycles. The number of nitrogens with one attached hydrogen (secondary N) is 1. The van der Waals surface area contributed by atoms with E-state index in [0.717, 1.165) is 22.8 Å². The Morgan fingerprint density at radius 3 is 2.58 bits per heavy atom. The van der Waals surface area contributed by atoms with E-state index in [9.17, 15) is 4.79 Å². The minimum absolute atomic E-state index is 0.0549. The smallest absolute Gasteiger partial charge is 0.233 e. The number of hydrogen-bond acceptors (Lipinski definition) is 4. The molecule has 0 unspecified atom stereocenters. The molecular weight excluding hydrogens is 346 g/mol. The van der Waals surface area contributed by atoms with E-state index in [1.54, 1.807) is 0 Å². The fourth-order valence-electron chi connectivity index (χ4n) is 2.95. The first-order chi connectivity index (χ1) is 12.7. The summed E-state index contributed by atoms with van der Waals surface area (Å²) in [6, 6.07) is 16.2. The quantitative estimate of drug-likeness (QED) is 0.739. The van der Waals surface area contributed by atoms with Crippen LogP contribution in [0.25, 0.3) is 0 Å². The molecule has 0 spiro atoms. The largest absolute Gasteiger partial charge is 0.486 e. The number of thioether (sulfide) groups is 1. The van der Waals surface area contributed by atoms with Crippen LogP contribution in [-0.2, 0) is 4.79 Å². The molecule has 5 heteroatoms. The van der Waals surface area contributed by atoms with Crippen LogP contribution in [0.15, 0.2) is 53.4 Å². The van der Waals surface area contributed by atoms with Crippen LogP contribution in [-0.4, -0.2) is 30.9 Å². The van der Waals surface area contributed by atoms with Gasteiger partial charge >= 0.3 is 0 Å². The Balaban J connectivity index is 1.54. The molecule has 2 atom stereocenters. The Labute approximate surface area is 159 Å². The highest BCUT2D eigenvalue weighted by atomic mass is 32.2. The van der Waals surface area contributed by atoms with E-state index in [1.807, 2.05) is 43.3 Å². The van der Waals surface area contributed by atoms with Crippen molar-refractivity contribution in [1.82, 2.24) is 5.32 Å². The summed E-state index contributed by atoms with van der Waals surface area (Å²) in [6.45, 7) is 5.89. The van der Waals surface area contributed by atoms with Crippen molar-refractivity contribution in [3.05, 3.63) is 54.1 Å². The van der Waals surface area contributed by atoms with Gasteiger partial charge in [-0.15, -0.1) is 11.8 Å². The van der Waals surface area contributed by atoms with Crippen molar-refractivity contribution in [1.29, 1.82) is 0 Å². The summed E-state index contributed by atoms with van der Waals surface area (Å²) >= 11 is 1.53. The van der Waals surface area contributed by atoms with E-state index in [4.69, 9.17) is 9.47 Å². The van der Waals surface area contributed by atoms with E-state index < -0.39 is 0 Å². The number of carbonyl (C=O) groups excluding carboxylic acids is 1. The first kappa shape index (κ1) is 18.6. The molecule has 3 rings (SSSR count). The topological polar surface area (TPSA) is 47.6 Å². The standard InChI is InChI=1S/C21H25NO3S/c1-3-16(17-7-5-4-6-8-17)14-22-21(23)15(2)26-18-9-10-19-20(13-18)25-12-11-24-19/h4-10,13,15-16H,3,11-12,14H2,1-2H3,(H,22,23)/t15-,16-/m1/s1. The molecule has 0 aromatic heterocycles. The average Bonchev–Trinajstić information content (AvgIpc) is 2.69. The molecule has 0 radical (unpaired) electrons. The van der Waals surface area contributed by atoms with Gasteiger partial charge in [-0.1, -0.05) is 37.3 Å². The van der Waals surface area contributed by atoms with Gasteiger partial charge in [0.2, 0.25) is 5.91 Å². The van der Waals surface area contributed by atoms with Gasteiger partial charge in [-0.05, 0) is 37.1 Å². The van der Waals surface area contributed by atoms with Crippen molar-refractivity contribution in [2.45, 2.75) is 36.3 Å². The second kappa shape index (κ2) is 8.99. The zero-order chi connectivity index (χ0) is 18.4. The van der Waals surface area contributed by atoms with Gasteiger partial charge < -0.3 is 14.8 Å². The van der Waals surface area contributed by atoms with Gasteiger partial charge in [0.15, 0.2) is 11.5 Å². The number of hydrogen-bond donors (Lipinski definition) is 1. The maximum atomic E-state index is 12.5. The van der Waals surface area contributed by atoms with Gasteiger partial charge in [-0.25, -0.2) is 0 Å². The highest BCUT2D eigenvalue weighted by molar-refractivity contribution is 8.00. The van der Waals surface area contributed by atoms with E-state index in [2.05, 4.69) is 24.4 Å². The second-order valence-electron chi connectivity index (χ2n) is 6.33. The van der Waals surface area contributed by atoms with Crippen molar-refractivity contribution < 1.29 is 14.3 Å². The molecule has 1 heterocycles. The van der Waals surface area contributed by atoms with Crippen LogP contribution in [0.1, 0.15) is 31.7 Å². The van der Waals surface area contributed by atoms with E-state index in [1.165, 1.54) is 17.3 Å². The van der Waals surface area contributed by atoms with Gasteiger partial charge in [-0.2, -0.15) is 0 Å². The van der Waals surface area contributed by atoms with Crippen LogP contribution in [0.5, 0.6) is 11.5 Å². The van der Waals surface area contributed by atoms with Crippen molar-refractivity contribution in [3.8, 4) is 11.5 Å². The highest BCUT2D eigenvalue weighted by Gasteiger charge is 2.18. The zero-order valence-electron chi connectivity index (χ0n) is 15.2. The summed E-state index contributed by atoms with van der Waals surface area (Å²) in [5, 5.41) is 2.92. The maximum absolute atomic E-state index is 12.5. The minimum atomic E-state index is -0.175. The lowest BCUT2D eigenvalue weighted by molar-refractivity contribution is -0.120. The Bertz CT molecular complexity index is 735. The molecule has 26 heavy (non-hydrogen) atoms.